The van der Waals surface area contributed by atoms with E-state index in [2.05, 4.69) is 15.5 Å². The van der Waals surface area contributed by atoms with Crippen molar-refractivity contribution in [2.45, 2.75) is 32.0 Å². The van der Waals surface area contributed by atoms with Crippen LogP contribution in [0.2, 0.25) is 0 Å². The average Bonchev–Trinajstić information content (AvgIpc) is 2.82. The van der Waals surface area contributed by atoms with Crippen molar-refractivity contribution < 1.29 is 40.9 Å². The van der Waals surface area contributed by atoms with E-state index in [1.54, 1.807) is 0 Å². The number of rotatable bonds is 10. The molecule has 0 aliphatic rings. The first-order valence-electron chi connectivity index (χ1n) is 10.8. The fourth-order valence-electron chi connectivity index (χ4n) is 3.14. The van der Waals surface area contributed by atoms with E-state index >= 15 is 0 Å². The van der Waals surface area contributed by atoms with Crippen LogP contribution >= 0.6 is 0 Å². The second-order valence-electron chi connectivity index (χ2n) is 7.81. The summed E-state index contributed by atoms with van der Waals surface area (Å²) in [5.74, 6) is 0.0418. The minimum absolute atomic E-state index is 0.000461. The van der Waals surface area contributed by atoms with Crippen molar-refractivity contribution in [1.82, 2.24) is 10.2 Å². The number of aliphatic hydroxyl groups excluding tert-OH is 1. The monoisotopic (exact) mass is 515 g/mol. The fourth-order valence-corrected chi connectivity index (χ4v) is 3.14. The molecule has 1 atom stereocenters. The van der Waals surface area contributed by atoms with Gasteiger partial charge in [-0.1, -0.05) is 36.4 Å². The molecule has 1 aromatic heterocycles. The van der Waals surface area contributed by atoms with E-state index in [-0.39, 0.29) is 43.1 Å². The Kier molecular flexibility index (Phi) is 8.75. The van der Waals surface area contributed by atoms with E-state index in [1.807, 2.05) is 30.3 Å². The van der Waals surface area contributed by atoms with E-state index in [9.17, 15) is 31.4 Å². The molecule has 0 spiro atoms. The van der Waals surface area contributed by atoms with Gasteiger partial charge in [0.15, 0.2) is 11.6 Å². The molecule has 2 N–H and O–H groups in total. The number of aromatic nitrogens is 2. The number of nitrogens with one attached hydrogen (secondary N) is 1. The number of hydrogen-bond donors (Lipinski definition) is 2. The largest absolute Gasteiger partial charge is 0.487 e. The smallest absolute Gasteiger partial charge is 0.417 e. The van der Waals surface area contributed by atoms with Gasteiger partial charge >= 0.3 is 12.4 Å². The second-order valence-corrected chi connectivity index (χ2v) is 7.81. The number of aliphatic hydroxyl groups is 1. The summed E-state index contributed by atoms with van der Waals surface area (Å²) >= 11 is 0. The van der Waals surface area contributed by atoms with Crippen LogP contribution in [0.3, 0.4) is 0 Å². The van der Waals surface area contributed by atoms with Gasteiger partial charge in [0, 0.05) is 18.2 Å². The van der Waals surface area contributed by atoms with Crippen molar-refractivity contribution in [3.8, 4) is 17.0 Å². The molecule has 2 aromatic carbocycles. The van der Waals surface area contributed by atoms with Gasteiger partial charge in [-0.15, -0.1) is 10.2 Å². The summed E-state index contributed by atoms with van der Waals surface area (Å²) in [5, 5.41) is 19.9. The first kappa shape index (κ1) is 27.2. The maximum atomic E-state index is 13.6. The van der Waals surface area contributed by atoms with Crippen LogP contribution in [0.4, 0.5) is 32.2 Å². The molecule has 3 rings (SSSR count). The summed E-state index contributed by atoms with van der Waals surface area (Å²) in [4.78, 5) is 0. The predicted octanol–water partition coefficient (Wildman–Crippen LogP) is 5.57. The third kappa shape index (κ3) is 7.56. The van der Waals surface area contributed by atoms with Crippen molar-refractivity contribution in [1.29, 1.82) is 0 Å². The zero-order chi connectivity index (χ0) is 26.3. The van der Waals surface area contributed by atoms with Crippen LogP contribution in [0.1, 0.15) is 23.6 Å². The SMILES string of the molecule is C[C@@H](O)CNc1nnc(-c2ccc(C(F)(F)F)cc2C(F)(F)F)cc1OCCOCc1ccccc1. The number of anilines is 1. The molecular formula is C24H23F6N3O3. The second kappa shape index (κ2) is 11.6. The Bertz CT molecular complexity index is 1140. The molecule has 0 saturated heterocycles. The molecule has 0 aliphatic carbocycles. The van der Waals surface area contributed by atoms with Crippen LogP contribution in [0.15, 0.2) is 54.6 Å². The zero-order valence-electron chi connectivity index (χ0n) is 19.0. The van der Waals surface area contributed by atoms with Gasteiger partial charge in [-0.05, 0) is 24.6 Å². The third-order valence-electron chi connectivity index (χ3n) is 4.85. The standard InChI is InChI=1S/C24H23F6N3O3/c1-15(34)13-31-22-21(36-10-9-35-14-16-5-3-2-4-6-16)12-20(32-33-22)18-8-7-17(23(25,26)27)11-19(18)24(28,29)30/h2-8,11-12,15,34H,9-10,13-14H2,1H3,(H,31,33)/t15-/m1/s1. The highest BCUT2D eigenvalue weighted by Gasteiger charge is 2.38. The number of hydrogen-bond acceptors (Lipinski definition) is 6. The zero-order valence-corrected chi connectivity index (χ0v) is 19.0. The van der Waals surface area contributed by atoms with Gasteiger partial charge in [0.1, 0.15) is 6.61 Å². The minimum Gasteiger partial charge on any atom is -0.487 e. The van der Waals surface area contributed by atoms with Gasteiger partial charge in [0.25, 0.3) is 0 Å². The number of benzene rings is 2. The minimum atomic E-state index is -5.08. The quantitative estimate of drug-likeness (QED) is 0.272. The van der Waals surface area contributed by atoms with Crippen molar-refractivity contribution in [2.24, 2.45) is 0 Å². The fraction of sp³-hybridized carbons (Fsp3) is 0.333. The third-order valence-corrected chi connectivity index (χ3v) is 4.85. The normalized spacial score (nSPS) is 12.9. The Morgan fingerprint density at radius 1 is 0.917 bits per heavy atom. The highest BCUT2D eigenvalue weighted by atomic mass is 19.4. The lowest BCUT2D eigenvalue weighted by Gasteiger charge is -2.17. The van der Waals surface area contributed by atoms with E-state index in [0.717, 1.165) is 11.6 Å². The highest BCUT2D eigenvalue weighted by Crippen LogP contribution is 2.41. The molecule has 6 nitrogen and oxygen atoms in total. The predicted molar refractivity (Wildman–Crippen MR) is 119 cm³/mol. The Balaban J connectivity index is 1.85. The molecule has 0 fully saturated rings. The topological polar surface area (TPSA) is 76.5 Å². The Morgan fingerprint density at radius 3 is 2.28 bits per heavy atom. The first-order chi connectivity index (χ1) is 16.9. The van der Waals surface area contributed by atoms with Crippen LogP contribution in [-0.4, -0.2) is 41.2 Å². The molecule has 0 unspecified atom stereocenters. The molecule has 12 heteroatoms. The van der Waals surface area contributed by atoms with Gasteiger partial charge in [-0.25, -0.2) is 0 Å². The molecule has 1 heterocycles. The highest BCUT2D eigenvalue weighted by molar-refractivity contribution is 5.68. The van der Waals surface area contributed by atoms with Crippen molar-refractivity contribution >= 4 is 5.82 Å². The van der Waals surface area contributed by atoms with Gasteiger partial charge in [-0.2, -0.15) is 26.3 Å². The average molecular weight is 515 g/mol. The number of nitrogens with zero attached hydrogens (tertiary/aromatic N) is 2. The van der Waals surface area contributed by atoms with Crippen molar-refractivity contribution in [3.63, 3.8) is 0 Å². The molecule has 0 amide bonds. The van der Waals surface area contributed by atoms with Gasteiger partial charge < -0.3 is 19.9 Å². The van der Waals surface area contributed by atoms with E-state index in [4.69, 9.17) is 9.47 Å². The lowest BCUT2D eigenvalue weighted by molar-refractivity contribution is -0.142. The lowest BCUT2D eigenvalue weighted by atomic mass is 10.00. The summed E-state index contributed by atoms with van der Waals surface area (Å²) in [6.45, 7) is 2.00. The van der Waals surface area contributed by atoms with Gasteiger partial charge in [0.2, 0.25) is 0 Å². The van der Waals surface area contributed by atoms with Crippen LogP contribution in [0.25, 0.3) is 11.3 Å². The van der Waals surface area contributed by atoms with Gasteiger partial charge in [-0.3, -0.25) is 0 Å². The molecule has 0 bridgehead atoms. The van der Waals surface area contributed by atoms with Crippen molar-refractivity contribution in [3.05, 3.63) is 71.3 Å². The van der Waals surface area contributed by atoms with Crippen molar-refractivity contribution in [2.75, 3.05) is 25.1 Å². The van der Waals surface area contributed by atoms with Crippen LogP contribution < -0.4 is 10.1 Å². The summed E-state index contributed by atoms with van der Waals surface area (Å²) in [7, 11) is 0. The first-order valence-corrected chi connectivity index (χ1v) is 10.8. The molecule has 0 aliphatic heterocycles. The molecule has 0 saturated carbocycles. The summed E-state index contributed by atoms with van der Waals surface area (Å²) in [6, 6.07) is 11.8. The van der Waals surface area contributed by atoms with E-state index in [1.165, 1.54) is 6.92 Å². The number of halogens is 6. The number of ether oxygens (including phenoxy) is 2. The Hall–Kier alpha value is -3.38. The van der Waals surface area contributed by atoms with Crippen LogP contribution in [0, 0.1) is 0 Å². The van der Waals surface area contributed by atoms with E-state index in [0.29, 0.717) is 18.7 Å². The molecule has 0 radical (unpaired) electrons. The maximum Gasteiger partial charge on any atom is 0.417 e. The Labute approximate surface area is 202 Å². The van der Waals surface area contributed by atoms with Crippen LogP contribution in [-0.2, 0) is 23.7 Å². The molecule has 194 valence electrons. The molecule has 3 aromatic rings. The summed E-state index contributed by atoms with van der Waals surface area (Å²) in [6.07, 6.45) is -10.8. The maximum absolute atomic E-state index is 13.6. The number of alkyl halides is 6. The Morgan fingerprint density at radius 2 is 1.64 bits per heavy atom. The molecule has 36 heavy (non-hydrogen) atoms. The summed E-state index contributed by atoms with van der Waals surface area (Å²) < 4.78 is 91.0. The molecular weight excluding hydrogens is 492 g/mol. The van der Waals surface area contributed by atoms with Crippen LogP contribution in [0.5, 0.6) is 5.75 Å². The van der Waals surface area contributed by atoms with E-state index < -0.39 is 35.1 Å². The van der Waals surface area contributed by atoms with Gasteiger partial charge in [0.05, 0.1) is 36.1 Å². The summed E-state index contributed by atoms with van der Waals surface area (Å²) in [5.41, 5.74) is -2.93. The lowest BCUT2D eigenvalue weighted by Crippen LogP contribution is -2.18.